The van der Waals surface area contributed by atoms with E-state index in [2.05, 4.69) is 140 Å². The van der Waals surface area contributed by atoms with Crippen molar-refractivity contribution in [1.82, 2.24) is 0 Å². The van der Waals surface area contributed by atoms with Gasteiger partial charge in [0.15, 0.2) is 0 Å². The van der Waals surface area contributed by atoms with Gasteiger partial charge in [-0.1, -0.05) is 142 Å². The van der Waals surface area contributed by atoms with Crippen molar-refractivity contribution in [3.8, 4) is 33.4 Å². The molecule has 1 N–H and O–H groups in total. The number of anilines is 1. The van der Waals surface area contributed by atoms with E-state index < -0.39 is 0 Å². The first-order valence-electron chi connectivity index (χ1n) is 19.0. The standard InChI is InChI=1S/C49H40N2O/c1-48(2)38-22-9-7-19-34(38)36-28-41-37(29-40(36)48)43-33(21-14-23-39(43)49(41)25-11-4-12-26-49)31-17-13-18-32(27-31)46-50-45(30-15-5-3-6-16-30)44-35-20-8-10-24-42(35)52-47(44)51-46/h3,5-10,13-24,27-29,46,51H,4,11-12,25-26H2,1-2H3. The fourth-order valence-electron chi connectivity index (χ4n) is 10.3. The summed E-state index contributed by atoms with van der Waals surface area (Å²) in [6.07, 6.45) is 6.00. The molecule has 0 radical (unpaired) electrons. The van der Waals surface area contributed by atoms with Crippen LogP contribution < -0.4 is 5.32 Å². The minimum Gasteiger partial charge on any atom is -0.440 e. The van der Waals surface area contributed by atoms with Crippen LogP contribution in [0, 0.1) is 0 Å². The Morgan fingerprint density at radius 2 is 1.29 bits per heavy atom. The highest BCUT2D eigenvalue weighted by atomic mass is 16.4. The zero-order valence-electron chi connectivity index (χ0n) is 29.7. The average molecular weight is 673 g/mol. The molecule has 52 heavy (non-hydrogen) atoms. The summed E-state index contributed by atoms with van der Waals surface area (Å²) in [4.78, 5) is 5.42. The molecule has 6 aromatic carbocycles. The summed E-state index contributed by atoms with van der Waals surface area (Å²) in [7, 11) is 0. The lowest BCUT2D eigenvalue weighted by Gasteiger charge is -2.36. The third kappa shape index (κ3) is 4.11. The number of benzene rings is 6. The van der Waals surface area contributed by atoms with Gasteiger partial charge in [0, 0.05) is 21.8 Å². The Morgan fingerprint density at radius 1 is 0.577 bits per heavy atom. The largest absolute Gasteiger partial charge is 0.440 e. The van der Waals surface area contributed by atoms with Crippen molar-refractivity contribution >= 4 is 22.6 Å². The van der Waals surface area contributed by atoms with Crippen molar-refractivity contribution in [2.24, 2.45) is 4.99 Å². The molecule has 3 heteroatoms. The minimum absolute atomic E-state index is 0.0467. The molecule has 4 aliphatic rings. The van der Waals surface area contributed by atoms with Crippen LogP contribution in [-0.4, -0.2) is 5.71 Å². The molecule has 1 fully saturated rings. The molecule has 1 spiro atoms. The first-order chi connectivity index (χ1) is 25.5. The van der Waals surface area contributed by atoms with E-state index in [4.69, 9.17) is 9.41 Å². The minimum atomic E-state index is -0.292. The Hall–Kier alpha value is -5.67. The van der Waals surface area contributed by atoms with E-state index >= 15 is 0 Å². The van der Waals surface area contributed by atoms with Gasteiger partial charge in [0.1, 0.15) is 11.7 Å². The number of hydrogen-bond donors (Lipinski definition) is 1. The van der Waals surface area contributed by atoms with Crippen molar-refractivity contribution in [2.75, 3.05) is 5.32 Å². The molecular formula is C49H40N2O. The van der Waals surface area contributed by atoms with Gasteiger partial charge in [-0.25, -0.2) is 0 Å². The van der Waals surface area contributed by atoms with Gasteiger partial charge < -0.3 is 9.73 Å². The summed E-state index contributed by atoms with van der Waals surface area (Å²) in [5, 5.41) is 4.76. The van der Waals surface area contributed by atoms with Crippen LogP contribution in [0.4, 0.5) is 5.88 Å². The number of nitrogens with one attached hydrogen (secondary N) is 1. The predicted molar refractivity (Wildman–Crippen MR) is 213 cm³/mol. The number of hydrogen-bond acceptors (Lipinski definition) is 3. The summed E-state index contributed by atoms with van der Waals surface area (Å²) in [5.41, 5.74) is 19.3. The SMILES string of the molecule is CC1(C)c2ccccc2-c2cc3c(cc21)-c1c(-c2cccc(C4N=C(c5ccccc5)c5c(oc6ccccc56)N4)c2)cccc1C31CCCCC1. The summed E-state index contributed by atoms with van der Waals surface area (Å²) in [5.74, 6) is 0.775. The summed E-state index contributed by atoms with van der Waals surface area (Å²) < 4.78 is 6.46. The molecule has 3 nitrogen and oxygen atoms in total. The van der Waals surface area contributed by atoms with Crippen LogP contribution in [0.5, 0.6) is 0 Å². The van der Waals surface area contributed by atoms with E-state index in [-0.39, 0.29) is 17.0 Å². The number of para-hydroxylation sites is 1. The van der Waals surface area contributed by atoms with Gasteiger partial charge >= 0.3 is 0 Å². The van der Waals surface area contributed by atoms with E-state index in [1.165, 1.54) is 82.2 Å². The zero-order valence-corrected chi connectivity index (χ0v) is 29.7. The molecule has 252 valence electrons. The van der Waals surface area contributed by atoms with Crippen molar-refractivity contribution in [3.05, 3.63) is 172 Å². The normalized spacial score (nSPS) is 18.6. The molecule has 3 aliphatic carbocycles. The highest BCUT2D eigenvalue weighted by molar-refractivity contribution is 6.23. The Balaban J connectivity index is 1.08. The molecule has 2 heterocycles. The molecule has 1 aromatic heterocycles. The highest BCUT2D eigenvalue weighted by Crippen LogP contribution is 2.61. The van der Waals surface area contributed by atoms with Crippen LogP contribution in [0.15, 0.2) is 143 Å². The van der Waals surface area contributed by atoms with Crippen LogP contribution >= 0.6 is 0 Å². The van der Waals surface area contributed by atoms with Crippen molar-refractivity contribution in [2.45, 2.75) is 62.9 Å². The quantitative estimate of drug-likeness (QED) is 0.203. The first-order valence-corrected chi connectivity index (χ1v) is 19.0. The fourth-order valence-corrected chi connectivity index (χ4v) is 10.3. The van der Waals surface area contributed by atoms with Crippen LogP contribution in [0.1, 0.15) is 91.1 Å². The molecule has 1 unspecified atom stereocenters. The second kappa shape index (κ2) is 10.9. The second-order valence-electron chi connectivity index (χ2n) is 15.8. The lowest BCUT2D eigenvalue weighted by atomic mass is 9.67. The van der Waals surface area contributed by atoms with E-state index in [1.54, 1.807) is 5.56 Å². The maximum atomic E-state index is 6.46. The summed E-state index contributed by atoms with van der Waals surface area (Å²) in [6, 6.07) is 49.2. The molecule has 1 aliphatic heterocycles. The molecule has 0 amide bonds. The molecular weight excluding hydrogens is 633 g/mol. The van der Waals surface area contributed by atoms with Crippen molar-refractivity contribution in [3.63, 3.8) is 0 Å². The van der Waals surface area contributed by atoms with Crippen molar-refractivity contribution in [1.29, 1.82) is 0 Å². The summed E-state index contributed by atoms with van der Waals surface area (Å²) >= 11 is 0. The Kier molecular flexibility index (Phi) is 6.30. The lowest BCUT2D eigenvalue weighted by Crippen LogP contribution is -2.28. The Morgan fingerprint density at radius 3 is 2.17 bits per heavy atom. The average Bonchev–Trinajstić information content (AvgIpc) is 3.78. The topological polar surface area (TPSA) is 37.5 Å². The number of furan rings is 1. The predicted octanol–water partition coefficient (Wildman–Crippen LogP) is 12.6. The van der Waals surface area contributed by atoms with Gasteiger partial charge in [-0.05, 0) is 98.3 Å². The van der Waals surface area contributed by atoms with E-state index in [1.807, 2.05) is 12.1 Å². The van der Waals surface area contributed by atoms with Crippen molar-refractivity contribution < 1.29 is 4.42 Å². The second-order valence-corrected chi connectivity index (χ2v) is 15.8. The summed E-state index contributed by atoms with van der Waals surface area (Å²) in [6.45, 7) is 4.81. The number of rotatable bonds is 3. The molecule has 7 aromatic rings. The van der Waals surface area contributed by atoms with E-state index in [0.717, 1.165) is 39.3 Å². The molecule has 1 atom stereocenters. The van der Waals surface area contributed by atoms with Crippen LogP contribution in [0.3, 0.4) is 0 Å². The Bertz CT molecular complexity index is 2620. The monoisotopic (exact) mass is 672 g/mol. The maximum Gasteiger partial charge on any atom is 0.205 e. The third-order valence-electron chi connectivity index (χ3n) is 12.7. The van der Waals surface area contributed by atoms with Gasteiger partial charge in [-0.2, -0.15) is 0 Å². The number of aliphatic imine (C=N–C) groups is 1. The number of nitrogens with zero attached hydrogens (tertiary/aromatic N) is 1. The molecule has 0 bridgehead atoms. The maximum absolute atomic E-state index is 6.46. The lowest BCUT2D eigenvalue weighted by molar-refractivity contribution is 0.353. The molecule has 0 saturated heterocycles. The molecule has 1 saturated carbocycles. The highest BCUT2D eigenvalue weighted by Gasteiger charge is 2.47. The van der Waals surface area contributed by atoms with Crippen LogP contribution in [-0.2, 0) is 10.8 Å². The molecule has 11 rings (SSSR count). The smallest absolute Gasteiger partial charge is 0.205 e. The zero-order chi connectivity index (χ0) is 34.6. The van der Waals surface area contributed by atoms with Gasteiger partial charge in [0.05, 0.1) is 11.3 Å². The Labute approximate surface area is 305 Å². The van der Waals surface area contributed by atoms with Gasteiger partial charge in [-0.15, -0.1) is 0 Å². The van der Waals surface area contributed by atoms with Crippen LogP contribution in [0.2, 0.25) is 0 Å². The van der Waals surface area contributed by atoms with Gasteiger partial charge in [0.25, 0.3) is 0 Å². The van der Waals surface area contributed by atoms with E-state index in [9.17, 15) is 0 Å². The van der Waals surface area contributed by atoms with Gasteiger partial charge in [0.2, 0.25) is 5.88 Å². The van der Waals surface area contributed by atoms with E-state index in [0.29, 0.717) is 0 Å². The number of fused-ring (bicyclic) bond motifs is 11. The third-order valence-corrected chi connectivity index (χ3v) is 12.7. The van der Waals surface area contributed by atoms with Crippen LogP contribution in [0.25, 0.3) is 44.3 Å². The fraction of sp³-hybridized carbons (Fsp3) is 0.204. The first kappa shape index (κ1) is 30.0. The van der Waals surface area contributed by atoms with Gasteiger partial charge in [-0.3, -0.25) is 4.99 Å².